The van der Waals surface area contributed by atoms with E-state index >= 15 is 0 Å². The Hall–Kier alpha value is -2.63. The molecule has 1 N–H and O–H groups in total. The second-order valence-electron chi connectivity index (χ2n) is 6.45. The maximum Gasteiger partial charge on any atom is 0.118 e. The van der Waals surface area contributed by atoms with E-state index in [4.69, 9.17) is 9.47 Å². The number of hydrogen-bond acceptors (Lipinski definition) is 4. The van der Waals surface area contributed by atoms with E-state index in [1.807, 2.05) is 42.5 Å². The van der Waals surface area contributed by atoms with Crippen LogP contribution in [0.3, 0.4) is 0 Å². The Labute approximate surface area is 184 Å². The van der Waals surface area contributed by atoms with Gasteiger partial charge in [-0.3, -0.25) is 0 Å². The van der Waals surface area contributed by atoms with Gasteiger partial charge in [-0.15, -0.1) is 11.8 Å². The van der Waals surface area contributed by atoms with Crippen LogP contribution in [0.4, 0.5) is 0 Å². The van der Waals surface area contributed by atoms with E-state index in [0.717, 1.165) is 37.2 Å². The zero-order chi connectivity index (χ0) is 21.4. The fourth-order valence-corrected chi connectivity index (χ4v) is 3.25. The fourth-order valence-electron chi connectivity index (χ4n) is 2.58. The first-order valence-corrected chi connectivity index (χ1v) is 10.9. The van der Waals surface area contributed by atoms with Crippen LogP contribution in [0.2, 0.25) is 0 Å². The average molecular weight is 421 g/mol. The number of aliphatic hydroxyl groups excluding tert-OH is 1. The van der Waals surface area contributed by atoms with Crippen molar-refractivity contribution in [1.82, 2.24) is 0 Å². The van der Waals surface area contributed by atoms with Crippen LogP contribution >= 0.6 is 11.8 Å². The van der Waals surface area contributed by atoms with Gasteiger partial charge in [0, 0.05) is 36.7 Å². The number of thioether (sulfide) groups is 1. The minimum Gasteiger partial charge on any atom is -0.497 e. The fraction of sp³-hybridized carbons (Fsp3) is 0.308. The largest absolute Gasteiger partial charge is 0.497 e. The SMILES string of the molecule is COCCCCC#C/C(=C\C#CCSc1ccccc1)C(O)c1ccc(OC)cc1. The first-order chi connectivity index (χ1) is 14.7. The van der Waals surface area contributed by atoms with Gasteiger partial charge >= 0.3 is 0 Å². The van der Waals surface area contributed by atoms with Crippen LogP contribution in [0.15, 0.2) is 71.1 Å². The summed E-state index contributed by atoms with van der Waals surface area (Å²) in [5, 5.41) is 10.8. The topological polar surface area (TPSA) is 38.7 Å². The Bertz CT molecular complexity index is 897. The molecule has 0 radical (unpaired) electrons. The van der Waals surface area contributed by atoms with Gasteiger partial charge in [-0.1, -0.05) is 54.0 Å². The third kappa shape index (κ3) is 8.80. The van der Waals surface area contributed by atoms with Gasteiger partial charge < -0.3 is 14.6 Å². The molecule has 0 aromatic heterocycles. The summed E-state index contributed by atoms with van der Waals surface area (Å²) in [7, 11) is 3.32. The lowest BCUT2D eigenvalue weighted by molar-refractivity contribution is 0.193. The molecular formula is C26H28O3S. The summed E-state index contributed by atoms with van der Waals surface area (Å²) in [4.78, 5) is 1.19. The summed E-state index contributed by atoms with van der Waals surface area (Å²) in [5.74, 6) is 13.9. The Morgan fingerprint density at radius 1 is 1.03 bits per heavy atom. The molecule has 0 fully saturated rings. The molecule has 0 amide bonds. The molecule has 0 spiro atoms. The molecule has 0 saturated heterocycles. The van der Waals surface area contributed by atoms with Crippen molar-refractivity contribution in [2.75, 3.05) is 26.6 Å². The van der Waals surface area contributed by atoms with Gasteiger partial charge in [0.1, 0.15) is 11.9 Å². The number of hydrogen-bond donors (Lipinski definition) is 1. The molecule has 2 aromatic rings. The highest BCUT2D eigenvalue weighted by Crippen LogP contribution is 2.23. The molecule has 0 aliphatic carbocycles. The van der Waals surface area contributed by atoms with E-state index in [1.165, 1.54) is 4.90 Å². The lowest BCUT2D eigenvalue weighted by Gasteiger charge is -2.11. The monoisotopic (exact) mass is 420 g/mol. The zero-order valence-electron chi connectivity index (χ0n) is 17.6. The molecule has 2 rings (SSSR count). The molecule has 0 heterocycles. The molecule has 1 unspecified atom stereocenters. The number of rotatable bonds is 9. The van der Waals surface area contributed by atoms with Gasteiger partial charge in [0.15, 0.2) is 0 Å². The van der Waals surface area contributed by atoms with Crippen molar-refractivity contribution in [1.29, 1.82) is 0 Å². The van der Waals surface area contributed by atoms with Crippen LogP contribution < -0.4 is 4.74 Å². The van der Waals surface area contributed by atoms with Crippen molar-refractivity contribution in [3.63, 3.8) is 0 Å². The van der Waals surface area contributed by atoms with Crippen LogP contribution in [-0.2, 0) is 4.74 Å². The number of allylic oxidation sites excluding steroid dienone is 1. The number of benzene rings is 2. The van der Waals surface area contributed by atoms with E-state index in [0.29, 0.717) is 11.3 Å². The van der Waals surface area contributed by atoms with Gasteiger partial charge in [0.2, 0.25) is 0 Å². The second-order valence-corrected chi connectivity index (χ2v) is 7.50. The molecule has 0 bridgehead atoms. The maximum absolute atomic E-state index is 10.8. The van der Waals surface area contributed by atoms with Crippen LogP contribution in [0.5, 0.6) is 5.75 Å². The zero-order valence-corrected chi connectivity index (χ0v) is 18.4. The van der Waals surface area contributed by atoms with Gasteiger partial charge in [-0.2, -0.15) is 0 Å². The summed E-state index contributed by atoms with van der Waals surface area (Å²) in [6.45, 7) is 0.739. The molecule has 0 aliphatic rings. The van der Waals surface area contributed by atoms with Gasteiger partial charge in [-0.25, -0.2) is 0 Å². The van der Waals surface area contributed by atoms with E-state index in [2.05, 4.69) is 35.8 Å². The second kappa shape index (κ2) is 14.4. The quantitative estimate of drug-likeness (QED) is 0.341. The summed E-state index contributed by atoms with van der Waals surface area (Å²) in [6.07, 6.45) is 3.60. The van der Waals surface area contributed by atoms with Gasteiger partial charge in [0.25, 0.3) is 0 Å². The van der Waals surface area contributed by atoms with Crippen molar-refractivity contribution in [3.05, 3.63) is 71.8 Å². The number of aliphatic hydroxyl groups is 1. The summed E-state index contributed by atoms with van der Waals surface area (Å²) < 4.78 is 10.3. The Morgan fingerprint density at radius 2 is 1.80 bits per heavy atom. The molecule has 3 nitrogen and oxygen atoms in total. The van der Waals surface area contributed by atoms with Crippen LogP contribution in [0, 0.1) is 23.7 Å². The summed E-state index contributed by atoms with van der Waals surface area (Å²) >= 11 is 1.68. The van der Waals surface area contributed by atoms with E-state index < -0.39 is 6.10 Å². The van der Waals surface area contributed by atoms with E-state index in [1.54, 1.807) is 32.1 Å². The van der Waals surface area contributed by atoms with Gasteiger partial charge in [-0.05, 0) is 42.7 Å². The molecule has 0 saturated carbocycles. The molecule has 2 aromatic carbocycles. The Morgan fingerprint density at radius 3 is 2.50 bits per heavy atom. The third-order valence-electron chi connectivity index (χ3n) is 4.24. The molecule has 0 aliphatic heterocycles. The minimum absolute atomic E-state index is 0.601. The molecule has 156 valence electrons. The number of ether oxygens (including phenoxy) is 2. The highest BCUT2D eigenvalue weighted by atomic mass is 32.2. The Kier molecular flexibility index (Phi) is 11.3. The van der Waals surface area contributed by atoms with Crippen molar-refractivity contribution < 1.29 is 14.6 Å². The van der Waals surface area contributed by atoms with Crippen LogP contribution in [-0.4, -0.2) is 31.7 Å². The smallest absolute Gasteiger partial charge is 0.118 e. The average Bonchev–Trinajstić information content (AvgIpc) is 2.80. The lowest BCUT2D eigenvalue weighted by atomic mass is 10.0. The first-order valence-electron chi connectivity index (χ1n) is 9.90. The van der Waals surface area contributed by atoms with E-state index in [9.17, 15) is 5.11 Å². The van der Waals surface area contributed by atoms with Gasteiger partial charge in [0.05, 0.1) is 12.9 Å². The first kappa shape index (κ1) is 23.6. The maximum atomic E-state index is 10.8. The highest BCUT2D eigenvalue weighted by Gasteiger charge is 2.11. The number of methoxy groups -OCH3 is 2. The highest BCUT2D eigenvalue weighted by molar-refractivity contribution is 7.99. The lowest BCUT2D eigenvalue weighted by Crippen LogP contribution is -2.00. The predicted molar refractivity (Wildman–Crippen MR) is 124 cm³/mol. The standard InChI is InChI=1S/C26H28O3S/c1-28-20-10-4-3-6-12-22(26(27)23-16-18-24(29-2)19-17-23)13-9-11-21-30-25-14-7-5-8-15-25/h5,7-8,13-19,26-27H,3-4,10,20-21H2,1-2H3/b22-13+. The number of unbranched alkanes of at least 4 members (excludes halogenated alkanes) is 2. The predicted octanol–water partition coefficient (Wildman–Crippen LogP) is 5.27. The molecule has 4 heteroatoms. The van der Waals surface area contributed by atoms with Crippen LogP contribution in [0.1, 0.15) is 30.9 Å². The molecule has 1 atom stereocenters. The molecule has 30 heavy (non-hydrogen) atoms. The van der Waals surface area contributed by atoms with Crippen molar-refractivity contribution in [2.45, 2.75) is 30.3 Å². The minimum atomic E-state index is -0.821. The summed E-state index contributed by atoms with van der Waals surface area (Å²) in [5.41, 5.74) is 1.36. The summed E-state index contributed by atoms with van der Waals surface area (Å²) in [6, 6.07) is 17.5. The van der Waals surface area contributed by atoms with Crippen LogP contribution in [0.25, 0.3) is 0 Å². The Balaban J connectivity index is 2.06. The normalized spacial score (nSPS) is 11.6. The third-order valence-corrected chi connectivity index (χ3v) is 5.14. The van der Waals surface area contributed by atoms with Crippen molar-refractivity contribution in [2.24, 2.45) is 0 Å². The van der Waals surface area contributed by atoms with Crippen molar-refractivity contribution in [3.8, 4) is 29.4 Å². The molecular weight excluding hydrogens is 392 g/mol. The van der Waals surface area contributed by atoms with Crippen molar-refractivity contribution >= 4 is 11.8 Å². The van der Waals surface area contributed by atoms with E-state index in [-0.39, 0.29) is 0 Å².